The van der Waals surface area contributed by atoms with Gasteiger partial charge in [-0.2, -0.15) is 0 Å². The van der Waals surface area contributed by atoms with Crippen molar-refractivity contribution in [2.75, 3.05) is 13.1 Å². The van der Waals surface area contributed by atoms with E-state index in [0.29, 0.717) is 17.9 Å². The van der Waals surface area contributed by atoms with Crippen LogP contribution in [0.4, 0.5) is 5.69 Å². The summed E-state index contributed by atoms with van der Waals surface area (Å²) in [7, 11) is 1.89. The first-order chi connectivity index (χ1) is 15.8. The summed E-state index contributed by atoms with van der Waals surface area (Å²) in [6.07, 6.45) is 4.95. The maximum Gasteiger partial charge on any atom is 0.273 e. The third-order valence-electron chi connectivity index (χ3n) is 5.30. The van der Waals surface area contributed by atoms with Crippen LogP contribution in [0.1, 0.15) is 27.4 Å². The second-order valence-electron chi connectivity index (χ2n) is 7.67. The zero-order valence-corrected chi connectivity index (χ0v) is 18.6. The van der Waals surface area contributed by atoms with Crippen molar-refractivity contribution < 1.29 is 18.9 Å². The summed E-state index contributed by atoms with van der Waals surface area (Å²) >= 11 is 0. The molecule has 0 bridgehead atoms. The minimum atomic E-state index is -0.528. The van der Waals surface area contributed by atoms with Gasteiger partial charge < -0.3 is 18.8 Å². The Bertz CT molecular complexity index is 1150. The zero-order valence-electron chi connectivity index (χ0n) is 18.6. The van der Waals surface area contributed by atoms with Crippen LogP contribution in [0.5, 0.6) is 0 Å². The van der Waals surface area contributed by atoms with Crippen LogP contribution in [0.25, 0.3) is 0 Å². The molecule has 9 nitrogen and oxygen atoms in total. The van der Waals surface area contributed by atoms with Crippen LogP contribution >= 0.6 is 0 Å². The van der Waals surface area contributed by atoms with Crippen LogP contribution in [0.3, 0.4) is 0 Å². The van der Waals surface area contributed by atoms with Crippen molar-refractivity contribution in [3.05, 3.63) is 100 Å². The highest BCUT2D eigenvalue weighted by atomic mass is 16.6. The lowest BCUT2D eigenvalue weighted by Crippen LogP contribution is -2.42. The molecule has 1 aromatic carbocycles. The molecule has 9 heteroatoms. The molecule has 0 aliphatic carbocycles. The monoisotopic (exact) mass is 450 g/mol. The average Bonchev–Trinajstić information content (AvgIpc) is 3.44. The van der Waals surface area contributed by atoms with Crippen molar-refractivity contribution in [1.82, 2.24) is 14.4 Å². The topological polar surface area (TPSA) is 102 Å². The van der Waals surface area contributed by atoms with Gasteiger partial charge in [0.05, 0.1) is 24.3 Å². The summed E-state index contributed by atoms with van der Waals surface area (Å²) in [6, 6.07) is 11.6. The Kier molecular flexibility index (Phi) is 7.45. The predicted molar refractivity (Wildman–Crippen MR) is 122 cm³/mol. The predicted octanol–water partition coefficient (Wildman–Crippen LogP) is 3.69. The lowest BCUT2D eigenvalue weighted by molar-refractivity contribution is -0.385. The summed E-state index contributed by atoms with van der Waals surface area (Å²) in [5.41, 5.74) is 1.37. The molecule has 0 fully saturated rings. The van der Waals surface area contributed by atoms with Gasteiger partial charge in [-0.3, -0.25) is 19.7 Å². The molecule has 0 unspecified atom stereocenters. The van der Waals surface area contributed by atoms with Gasteiger partial charge in [0.1, 0.15) is 12.3 Å². The quantitative estimate of drug-likeness (QED) is 0.266. The van der Waals surface area contributed by atoms with Gasteiger partial charge in [-0.15, -0.1) is 6.58 Å². The summed E-state index contributed by atoms with van der Waals surface area (Å²) in [4.78, 5) is 40.1. The Morgan fingerprint density at radius 2 is 1.97 bits per heavy atom. The number of amides is 2. The molecule has 0 radical (unpaired) electrons. The zero-order chi connectivity index (χ0) is 24.0. The van der Waals surface area contributed by atoms with Crippen LogP contribution in [0.15, 0.2) is 72.0 Å². The first-order valence-electron chi connectivity index (χ1n) is 10.4. The molecule has 0 saturated heterocycles. The van der Waals surface area contributed by atoms with E-state index in [9.17, 15) is 19.7 Å². The molecular formula is C24H26N4O5. The highest BCUT2D eigenvalue weighted by Crippen LogP contribution is 2.21. The van der Waals surface area contributed by atoms with Crippen molar-refractivity contribution in [3.63, 3.8) is 0 Å². The third-order valence-corrected chi connectivity index (χ3v) is 5.30. The number of carbonyl (C=O) groups excluding carboxylic acids is 2. The van der Waals surface area contributed by atoms with E-state index in [2.05, 4.69) is 6.58 Å². The highest BCUT2D eigenvalue weighted by molar-refractivity contribution is 5.97. The molecule has 0 aliphatic heterocycles. The minimum absolute atomic E-state index is 0.116. The van der Waals surface area contributed by atoms with E-state index in [1.165, 1.54) is 29.2 Å². The molecule has 0 spiro atoms. The largest absolute Gasteiger partial charge is 0.467 e. The lowest BCUT2D eigenvalue weighted by Gasteiger charge is -2.27. The van der Waals surface area contributed by atoms with E-state index in [0.717, 1.165) is 5.69 Å². The van der Waals surface area contributed by atoms with Crippen LogP contribution in [0, 0.1) is 17.0 Å². The van der Waals surface area contributed by atoms with E-state index < -0.39 is 10.8 Å². The van der Waals surface area contributed by atoms with Crippen molar-refractivity contribution in [1.29, 1.82) is 0 Å². The number of nitrogens with zero attached hydrogens (tertiary/aromatic N) is 4. The van der Waals surface area contributed by atoms with Crippen molar-refractivity contribution in [2.24, 2.45) is 7.05 Å². The Labute approximate surface area is 191 Å². The fourth-order valence-electron chi connectivity index (χ4n) is 3.44. The van der Waals surface area contributed by atoms with E-state index >= 15 is 0 Å². The molecule has 2 heterocycles. The molecule has 33 heavy (non-hydrogen) atoms. The number of nitro benzene ring substituents is 1. The molecular weight excluding hydrogens is 424 g/mol. The van der Waals surface area contributed by atoms with Gasteiger partial charge in [0.15, 0.2) is 0 Å². The fraction of sp³-hybridized carbons (Fsp3) is 0.250. The number of aryl methyl sites for hydroxylation is 2. The standard InChI is InChI=1S/C24H26N4O5/c1-4-11-26(24(30)19-10-9-18(2)22(14-19)28(31)32)17-23(29)27(16-21-8-6-13-33-21)15-20-7-5-12-25(20)3/h4-10,12-14H,1,11,15-17H2,2-3H3. The Balaban J connectivity index is 1.83. The first kappa shape index (κ1) is 23.5. The maximum atomic E-state index is 13.3. The summed E-state index contributed by atoms with van der Waals surface area (Å²) < 4.78 is 7.34. The third kappa shape index (κ3) is 5.76. The number of benzene rings is 1. The molecule has 0 atom stereocenters. The van der Waals surface area contributed by atoms with Crippen LogP contribution in [-0.2, 0) is 24.9 Å². The SMILES string of the molecule is C=CCN(CC(=O)N(Cc1ccco1)Cc1cccn1C)C(=O)c1ccc(C)c([N+](=O)[O-])c1. The number of hydrogen-bond acceptors (Lipinski definition) is 5. The van der Waals surface area contributed by atoms with Crippen LogP contribution in [0.2, 0.25) is 0 Å². The normalized spacial score (nSPS) is 10.6. The Morgan fingerprint density at radius 3 is 2.58 bits per heavy atom. The molecule has 3 aromatic rings. The maximum absolute atomic E-state index is 13.3. The minimum Gasteiger partial charge on any atom is -0.467 e. The van der Waals surface area contributed by atoms with Gasteiger partial charge in [0.2, 0.25) is 5.91 Å². The summed E-state index contributed by atoms with van der Waals surface area (Å²) in [5.74, 6) is -0.152. The average molecular weight is 450 g/mol. The number of hydrogen-bond donors (Lipinski definition) is 0. The van der Waals surface area contributed by atoms with E-state index in [1.54, 1.807) is 30.2 Å². The second-order valence-corrected chi connectivity index (χ2v) is 7.67. The van der Waals surface area contributed by atoms with Gasteiger partial charge in [0, 0.05) is 42.7 Å². The molecule has 3 rings (SSSR count). The van der Waals surface area contributed by atoms with Crippen molar-refractivity contribution in [3.8, 4) is 0 Å². The smallest absolute Gasteiger partial charge is 0.273 e. The van der Waals surface area contributed by atoms with Gasteiger partial charge in [-0.1, -0.05) is 12.1 Å². The number of rotatable bonds is 10. The summed E-state index contributed by atoms with van der Waals surface area (Å²) in [5, 5.41) is 11.3. The number of furan rings is 1. The van der Waals surface area contributed by atoms with Crippen molar-refractivity contribution >= 4 is 17.5 Å². The second kappa shape index (κ2) is 10.4. The lowest BCUT2D eigenvalue weighted by atomic mass is 10.1. The molecule has 2 aromatic heterocycles. The van der Waals surface area contributed by atoms with Crippen LogP contribution < -0.4 is 0 Å². The van der Waals surface area contributed by atoms with E-state index in [-0.39, 0.29) is 36.8 Å². The van der Waals surface area contributed by atoms with Gasteiger partial charge in [0.25, 0.3) is 11.6 Å². The van der Waals surface area contributed by atoms with E-state index in [1.807, 2.05) is 29.9 Å². The van der Waals surface area contributed by atoms with Gasteiger partial charge in [-0.25, -0.2) is 0 Å². The highest BCUT2D eigenvalue weighted by Gasteiger charge is 2.24. The van der Waals surface area contributed by atoms with Crippen LogP contribution in [-0.4, -0.2) is 44.2 Å². The Hall–Kier alpha value is -4.14. The Morgan fingerprint density at radius 1 is 1.18 bits per heavy atom. The number of carbonyl (C=O) groups is 2. The molecule has 0 aliphatic rings. The molecule has 0 saturated carbocycles. The van der Waals surface area contributed by atoms with Gasteiger partial charge in [-0.05, 0) is 37.3 Å². The number of nitro groups is 1. The first-order valence-corrected chi connectivity index (χ1v) is 10.4. The van der Waals surface area contributed by atoms with E-state index in [4.69, 9.17) is 4.42 Å². The van der Waals surface area contributed by atoms with Gasteiger partial charge >= 0.3 is 0 Å². The molecule has 0 N–H and O–H groups in total. The fourth-order valence-corrected chi connectivity index (χ4v) is 3.44. The van der Waals surface area contributed by atoms with Crippen molar-refractivity contribution in [2.45, 2.75) is 20.0 Å². The number of aromatic nitrogens is 1. The molecule has 172 valence electrons. The molecule has 2 amide bonds. The summed E-state index contributed by atoms with van der Waals surface area (Å²) in [6.45, 7) is 5.75.